The van der Waals surface area contributed by atoms with Crippen LogP contribution >= 0.6 is 35.3 Å². The highest BCUT2D eigenvalue weighted by Gasteiger charge is 2.33. The van der Waals surface area contributed by atoms with Gasteiger partial charge >= 0.3 is 6.18 Å². The lowest BCUT2D eigenvalue weighted by Crippen LogP contribution is -2.36. The predicted octanol–water partition coefficient (Wildman–Crippen LogP) is 2.90. The van der Waals surface area contributed by atoms with E-state index >= 15 is 0 Å². The van der Waals surface area contributed by atoms with Gasteiger partial charge in [0.05, 0.1) is 11.4 Å². The minimum Gasteiger partial charge on any atom is -0.352 e. The van der Waals surface area contributed by atoms with Crippen LogP contribution in [0.25, 0.3) is 0 Å². The topological polar surface area (TPSA) is 86.7 Å². The number of thiazole rings is 1. The van der Waals surface area contributed by atoms with E-state index in [1.807, 2.05) is 0 Å². The number of benzene rings is 1. The summed E-state index contributed by atoms with van der Waals surface area (Å²) in [6.07, 6.45) is -4.46. The molecule has 2 rings (SSSR count). The fourth-order valence-electron chi connectivity index (χ4n) is 2.08. The molecule has 2 N–H and O–H groups in total. The molecule has 0 aliphatic carbocycles. The van der Waals surface area contributed by atoms with Crippen LogP contribution in [0.3, 0.4) is 0 Å². The first-order chi connectivity index (χ1) is 13.0. The molecule has 162 valence electrons. The highest BCUT2D eigenvalue weighted by atomic mass is 127. The molecule has 13 heteroatoms. The van der Waals surface area contributed by atoms with E-state index in [0.717, 1.165) is 26.6 Å². The number of aliphatic imine (C=N–C) groups is 1. The Hall–Kier alpha value is -1.45. The molecule has 0 aliphatic rings. The minimum atomic E-state index is -4.46. The van der Waals surface area contributed by atoms with E-state index in [4.69, 9.17) is 0 Å². The van der Waals surface area contributed by atoms with Crippen LogP contribution in [0.5, 0.6) is 0 Å². The predicted molar refractivity (Wildman–Crippen MR) is 117 cm³/mol. The van der Waals surface area contributed by atoms with Crippen molar-refractivity contribution in [2.24, 2.45) is 4.99 Å². The Morgan fingerprint density at radius 2 is 1.76 bits per heavy atom. The Morgan fingerprint density at radius 3 is 2.24 bits per heavy atom. The molecule has 2 aromatic rings. The molecule has 0 unspecified atom stereocenters. The van der Waals surface area contributed by atoms with Crippen LogP contribution in [0, 0.1) is 0 Å². The smallest absolute Gasteiger partial charge is 0.352 e. The van der Waals surface area contributed by atoms with Gasteiger partial charge in [-0.15, -0.1) is 35.3 Å². The summed E-state index contributed by atoms with van der Waals surface area (Å²) < 4.78 is 62.9. The van der Waals surface area contributed by atoms with Gasteiger partial charge in [-0.1, -0.05) is 12.1 Å². The molecule has 1 heterocycles. The first kappa shape index (κ1) is 25.6. The molecule has 0 fully saturated rings. The number of nitrogens with zero attached hydrogens (tertiary/aromatic N) is 3. The van der Waals surface area contributed by atoms with Crippen molar-refractivity contribution in [1.29, 1.82) is 0 Å². The van der Waals surface area contributed by atoms with Crippen molar-refractivity contribution >= 4 is 51.3 Å². The van der Waals surface area contributed by atoms with Gasteiger partial charge in [-0.3, -0.25) is 4.99 Å². The number of rotatable bonds is 6. The summed E-state index contributed by atoms with van der Waals surface area (Å²) in [6, 6.07) is 6.37. The third kappa shape index (κ3) is 7.08. The molecule has 0 saturated carbocycles. The zero-order chi connectivity index (χ0) is 20.9. The van der Waals surface area contributed by atoms with Gasteiger partial charge in [0, 0.05) is 33.1 Å². The van der Waals surface area contributed by atoms with Crippen molar-refractivity contribution in [3.8, 4) is 0 Å². The van der Waals surface area contributed by atoms with Gasteiger partial charge in [-0.05, 0) is 17.7 Å². The Bertz CT molecular complexity index is 929. The summed E-state index contributed by atoms with van der Waals surface area (Å²) in [5, 5.41) is 7.15. The van der Waals surface area contributed by atoms with E-state index in [9.17, 15) is 21.6 Å². The monoisotopic (exact) mass is 563 g/mol. The fraction of sp³-hybridized carbons (Fsp3) is 0.375. The Labute approximate surface area is 188 Å². The highest BCUT2D eigenvalue weighted by molar-refractivity contribution is 14.0. The molecule has 0 bridgehead atoms. The quantitative estimate of drug-likeness (QED) is 0.321. The van der Waals surface area contributed by atoms with Crippen LogP contribution < -0.4 is 10.6 Å². The van der Waals surface area contributed by atoms with Gasteiger partial charge in [-0.2, -0.15) is 13.2 Å². The molecule has 0 spiro atoms. The molecule has 0 saturated heterocycles. The van der Waals surface area contributed by atoms with Crippen molar-refractivity contribution in [2.45, 2.75) is 24.2 Å². The number of alkyl halides is 3. The summed E-state index contributed by atoms with van der Waals surface area (Å²) in [7, 11) is 0.964. The largest absolute Gasteiger partial charge is 0.434 e. The van der Waals surface area contributed by atoms with Gasteiger partial charge in [0.25, 0.3) is 0 Å². The number of guanidine groups is 1. The molecule has 0 atom stereocenters. The zero-order valence-electron chi connectivity index (χ0n) is 15.8. The SMILES string of the molecule is CN=C(NCc1ccc(S(=O)(=O)N(C)C)cc1)NCc1nc(C(F)(F)F)cs1.I. The van der Waals surface area contributed by atoms with Gasteiger partial charge in [0.2, 0.25) is 10.0 Å². The second kappa shape index (κ2) is 10.5. The number of halogens is 4. The maximum absolute atomic E-state index is 12.6. The summed E-state index contributed by atoms with van der Waals surface area (Å²) in [4.78, 5) is 7.73. The summed E-state index contributed by atoms with van der Waals surface area (Å²) >= 11 is 0.912. The van der Waals surface area contributed by atoms with Gasteiger partial charge < -0.3 is 10.6 Å². The van der Waals surface area contributed by atoms with E-state index in [2.05, 4.69) is 20.6 Å². The standard InChI is InChI=1S/C16H20F3N5O2S2.HI/c1-20-15(22-9-14-23-13(10-27-14)16(17,18)19)21-8-11-4-6-12(7-5-11)28(25,26)24(2)3;/h4-7,10H,8-9H2,1-3H3,(H2,20,21,22);1H. The Morgan fingerprint density at radius 1 is 1.17 bits per heavy atom. The first-order valence-corrected chi connectivity index (χ1v) is 10.3. The van der Waals surface area contributed by atoms with Gasteiger partial charge in [0.15, 0.2) is 11.7 Å². The van der Waals surface area contributed by atoms with E-state index in [1.54, 1.807) is 12.1 Å². The Kier molecular flexibility index (Phi) is 9.30. The molecule has 0 amide bonds. The van der Waals surface area contributed by atoms with Crippen molar-refractivity contribution < 1.29 is 21.6 Å². The highest BCUT2D eigenvalue weighted by Crippen LogP contribution is 2.29. The fourth-order valence-corrected chi connectivity index (χ4v) is 3.72. The molecule has 29 heavy (non-hydrogen) atoms. The third-order valence-corrected chi connectivity index (χ3v) is 6.31. The maximum Gasteiger partial charge on any atom is 0.434 e. The van der Waals surface area contributed by atoms with E-state index in [0.29, 0.717) is 12.5 Å². The molecule has 7 nitrogen and oxygen atoms in total. The summed E-state index contributed by atoms with van der Waals surface area (Å²) in [5.74, 6) is 0.383. The lowest BCUT2D eigenvalue weighted by Gasteiger charge is -2.13. The lowest BCUT2D eigenvalue weighted by atomic mass is 10.2. The average Bonchev–Trinajstić information content (AvgIpc) is 3.11. The number of aromatic nitrogens is 1. The molecule has 1 aromatic carbocycles. The van der Waals surface area contributed by atoms with Crippen LogP contribution in [0.4, 0.5) is 13.2 Å². The lowest BCUT2D eigenvalue weighted by molar-refractivity contribution is -0.140. The van der Waals surface area contributed by atoms with E-state index < -0.39 is 21.9 Å². The zero-order valence-corrected chi connectivity index (χ0v) is 19.8. The molecular weight excluding hydrogens is 542 g/mol. The van der Waals surface area contributed by atoms with Gasteiger partial charge in [-0.25, -0.2) is 17.7 Å². The molecule has 0 radical (unpaired) electrons. The Balaban J connectivity index is 0.00000420. The van der Waals surface area contributed by atoms with Crippen molar-refractivity contribution in [3.63, 3.8) is 0 Å². The summed E-state index contributed by atoms with van der Waals surface area (Å²) in [6.45, 7) is 0.452. The van der Waals surface area contributed by atoms with E-state index in [-0.39, 0.29) is 40.4 Å². The number of nitrogens with one attached hydrogen (secondary N) is 2. The molecule has 0 aliphatic heterocycles. The van der Waals surface area contributed by atoms with Crippen LogP contribution in [0.1, 0.15) is 16.3 Å². The second-order valence-electron chi connectivity index (χ2n) is 5.83. The van der Waals surface area contributed by atoms with Crippen LogP contribution in [-0.4, -0.2) is 44.8 Å². The first-order valence-electron chi connectivity index (χ1n) is 8.01. The van der Waals surface area contributed by atoms with Crippen LogP contribution in [0.15, 0.2) is 39.5 Å². The molecular formula is C16H21F3IN5O2S2. The number of hydrogen-bond acceptors (Lipinski definition) is 5. The van der Waals surface area contributed by atoms with Crippen molar-refractivity contribution in [2.75, 3.05) is 21.1 Å². The van der Waals surface area contributed by atoms with Crippen LogP contribution in [-0.2, 0) is 29.3 Å². The van der Waals surface area contributed by atoms with Crippen molar-refractivity contribution in [3.05, 3.63) is 45.9 Å². The third-order valence-electron chi connectivity index (χ3n) is 3.63. The summed E-state index contributed by atoms with van der Waals surface area (Å²) in [5.41, 5.74) is -0.0979. The maximum atomic E-state index is 12.6. The molecule has 1 aromatic heterocycles. The number of hydrogen-bond donors (Lipinski definition) is 2. The van der Waals surface area contributed by atoms with Crippen molar-refractivity contribution in [1.82, 2.24) is 19.9 Å². The van der Waals surface area contributed by atoms with E-state index in [1.165, 1.54) is 33.3 Å². The second-order valence-corrected chi connectivity index (χ2v) is 8.93. The number of sulfonamides is 1. The minimum absolute atomic E-state index is 0. The van der Waals surface area contributed by atoms with Crippen LogP contribution in [0.2, 0.25) is 0 Å². The van der Waals surface area contributed by atoms with Gasteiger partial charge in [0.1, 0.15) is 5.01 Å². The normalized spacial score (nSPS) is 12.6. The average molecular weight is 563 g/mol.